The van der Waals surface area contributed by atoms with Gasteiger partial charge >= 0.3 is 0 Å². The molecule has 1 aliphatic rings. The molecule has 0 fully saturated rings. The van der Waals surface area contributed by atoms with Crippen LogP contribution in [0, 0.1) is 11.6 Å². The van der Waals surface area contributed by atoms with Crippen LogP contribution in [0.2, 0.25) is 6.55 Å². The summed E-state index contributed by atoms with van der Waals surface area (Å²) in [5.41, 5.74) is 3.82. The fraction of sp³-hybridized carbons (Fsp3) is 0.143. The van der Waals surface area contributed by atoms with Gasteiger partial charge in [-0.2, -0.15) is 0 Å². The second-order valence-electron chi connectivity index (χ2n) is 4.39. The monoisotopic (exact) mass is 246 g/mol. The normalized spacial score (nSPS) is 17.5. The van der Waals surface area contributed by atoms with Crippen molar-refractivity contribution in [3.05, 3.63) is 59.2 Å². The third-order valence-corrected chi connectivity index (χ3v) is 5.15. The minimum Gasteiger partial charge on any atom is -0.207 e. The Morgan fingerprint density at radius 1 is 1.06 bits per heavy atom. The Morgan fingerprint density at radius 3 is 2.65 bits per heavy atom. The van der Waals surface area contributed by atoms with E-state index in [1.165, 1.54) is 12.1 Å². The van der Waals surface area contributed by atoms with Crippen LogP contribution in [0.1, 0.15) is 16.7 Å². The summed E-state index contributed by atoms with van der Waals surface area (Å²) in [6.45, 7) is 2.14. The standard InChI is InChI=1S/C14H12F2Si/c1-17-14-11-7-8(15)5-6-9(11)10-3-2-4-12(16)13(10)14/h2-7,14H,17H2,1H3. The van der Waals surface area contributed by atoms with E-state index in [2.05, 4.69) is 6.55 Å². The third-order valence-electron chi connectivity index (χ3n) is 3.49. The number of halogens is 2. The average Bonchev–Trinajstić information content (AvgIpc) is 2.63. The fourth-order valence-corrected chi connectivity index (χ4v) is 4.37. The molecule has 0 N–H and O–H groups in total. The number of fused-ring (bicyclic) bond motifs is 3. The van der Waals surface area contributed by atoms with Crippen LogP contribution in [0.15, 0.2) is 36.4 Å². The number of benzene rings is 2. The van der Waals surface area contributed by atoms with Crippen LogP contribution >= 0.6 is 0 Å². The lowest BCUT2D eigenvalue weighted by Gasteiger charge is -2.10. The lowest BCUT2D eigenvalue weighted by molar-refractivity contribution is 0.613. The minimum atomic E-state index is -0.471. The summed E-state index contributed by atoms with van der Waals surface area (Å²) in [7, 11) is -0.471. The first-order valence-electron chi connectivity index (χ1n) is 5.80. The Bertz CT molecular complexity index is 593. The molecule has 0 saturated heterocycles. The van der Waals surface area contributed by atoms with E-state index in [1.54, 1.807) is 18.2 Å². The van der Waals surface area contributed by atoms with E-state index in [0.29, 0.717) is 0 Å². The zero-order chi connectivity index (χ0) is 12.0. The van der Waals surface area contributed by atoms with Crippen LogP contribution in [0.5, 0.6) is 0 Å². The maximum atomic E-state index is 13.9. The zero-order valence-electron chi connectivity index (χ0n) is 9.50. The summed E-state index contributed by atoms with van der Waals surface area (Å²) in [4.78, 5) is 0. The molecule has 0 aliphatic heterocycles. The van der Waals surface area contributed by atoms with E-state index in [1.807, 2.05) is 6.07 Å². The van der Waals surface area contributed by atoms with Crippen LogP contribution in [0.4, 0.5) is 8.78 Å². The van der Waals surface area contributed by atoms with Crippen LogP contribution in [-0.2, 0) is 0 Å². The SMILES string of the molecule is C[SiH2]C1c2cc(F)ccc2-c2cccc(F)c21. The van der Waals surface area contributed by atoms with Gasteiger partial charge in [0.05, 0.1) is 0 Å². The first kappa shape index (κ1) is 10.7. The highest BCUT2D eigenvalue weighted by Gasteiger charge is 2.30. The summed E-state index contributed by atoms with van der Waals surface area (Å²) in [5, 5.41) is 0. The van der Waals surface area contributed by atoms with Gasteiger partial charge < -0.3 is 0 Å². The van der Waals surface area contributed by atoms with Gasteiger partial charge in [-0.1, -0.05) is 24.7 Å². The molecule has 3 rings (SSSR count). The highest BCUT2D eigenvalue weighted by atomic mass is 28.2. The molecule has 2 aromatic carbocycles. The van der Waals surface area contributed by atoms with Gasteiger partial charge in [0, 0.05) is 15.1 Å². The van der Waals surface area contributed by atoms with Crippen molar-refractivity contribution in [3.8, 4) is 11.1 Å². The van der Waals surface area contributed by atoms with Gasteiger partial charge in [0.2, 0.25) is 0 Å². The zero-order valence-corrected chi connectivity index (χ0v) is 10.9. The maximum absolute atomic E-state index is 13.9. The lowest BCUT2D eigenvalue weighted by atomic mass is 10.1. The van der Waals surface area contributed by atoms with E-state index in [-0.39, 0.29) is 17.2 Å². The van der Waals surface area contributed by atoms with Gasteiger partial charge in [0.25, 0.3) is 0 Å². The van der Waals surface area contributed by atoms with E-state index >= 15 is 0 Å². The Kier molecular flexibility index (Phi) is 2.36. The molecule has 1 aliphatic carbocycles. The van der Waals surface area contributed by atoms with Crippen molar-refractivity contribution in [2.45, 2.75) is 12.1 Å². The molecule has 1 atom stereocenters. The van der Waals surface area contributed by atoms with Gasteiger partial charge in [0.1, 0.15) is 11.6 Å². The van der Waals surface area contributed by atoms with Crippen molar-refractivity contribution in [1.29, 1.82) is 0 Å². The molecule has 17 heavy (non-hydrogen) atoms. The summed E-state index contributed by atoms with van der Waals surface area (Å²) in [6.07, 6.45) is 0. The molecule has 3 heteroatoms. The molecule has 0 aromatic heterocycles. The lowest BCUT2D eigenvalue weighted by Crippen LogP contribution is -2.05. The smallest absolute Gasteiger partial charge is 0.127 e. The van der Waals surface area contributed by atoms with Gasteiger partial charge in [-0.15, -0.1) is 0 Å². The Hall–Kier alpha value is -1.48. The van der Waals surface area contributed by atoms with Crippen molar-refractivity contribution < 1.29 is 8.78 Å². The van der Waals surface area contributed by atoms with Gasteiger partial charge in [0.15, 0.2) is 0 Å². The molecule has 0 spiro atoms. The quantitative estimate of drug-likeness (QED) is 0.678. The molecule has 0 radical (unpaired) electrons. The minimum absolute atomic E-state index is 0.122. The van der Waals surface area contributed by atoms with Gasteiger partial charge in [-0.05, 0) is 40.5 Å². The second-order valence-corrected chi connectivity index (χ2v) is 6.03. The molecule has 86 valence electrons. The highest BCUT2D eigenvalue weighted by Crippen LogP contribution is 2.45. The summed E-state index contributed by atoms with van der Waals surface area (Å²) in [6, 6.07) is 9.94. The molecule has 0 amide bonds. The molecular weight excluding hydrogens is 234 g/mol. The van der Waals surface area contributed by atoms with Crippen molar-refractivity contribution in [2.75, 3.05) is 0 Å². The largest absolute Gasteiger partial charge is 0.207 e. The van der Waals surface area contributed by atoms with E-state index in [9.17, 15) is 8.78 Å². The third kappa shape index (κ3) is 1.46. The summed E-state index contributed by atoms with van der Waals surface area (Å²) in [5.74, 6) is -0.386. The first-order chi connectivity index (χ1) is 8.22. The summed E-state index contributed by atoms with van der Waals surface area (Å²) >= 11 is 0. The Morgan fingerprint density at radius 2 is 1.88 bits per heavy atom. The van der Waals surface area contributed by atoms with Gasteiger partial charge in [-0.3, -0.25) is 0 Å². The van der Waals surface area contributed by atoms with Crippen molar-refractivity contribution in [1.82, 2.24) is 0 Å². The maximum Gasteiger partial charge on any atom is 0.127 e. The predicted octanol–water partition coefficient (Wildman–Crippen LogP) is 3.25. The van der Waals surface area contributed by atoms with Crippen molar-refractivity contribution in [3.63, 3.8) is 0 Å². The molecule has 2 aromatic rings. The van der Waals surface area contributed by atoms with E-state index in [0.717, 1.165) is 22.3 Å². The molecule has 0 heterocycles. The van der Waals surface area contributed by atoms with Crippen molar-refractivity contribution in [2.24, 2.45) is 0 Å². The number of rotatable bonds is 1. The van der Waals surface area contributed by atoms with Gasteiger partial charge in [-0.25, -0.2) is 8.78 Å². The van der Waals surface area contributed by atoms with Crippen LogP contribution in [-0.4, -0.2) is 9.52 Å². The van der Waals surface area contributed by atoms with Crippen LogP contribution < -0.4 is 0 Å². The van der Waals surface area contributed by atoms with E-state index < -0.39 is 9.52 Å². The molecule has 0 saturated carbocycles. The molecular formula is C14H12F2Si. The number of hydrogen-bond acceptors (Lipinski definition) is 0. The van der Waals surface area contributed by atoms with E-state index in [4.69, 9.17) is 0 Å². The second kappa shape index (κ2) is 3.77. The topological polar surface area (TPSA) is 0 Å². The first-order valence-corrected chi connectivity index (χ1v) is 8.03. The molecule has 0 bridgehead atoms. The fourth-order valence-electron chi connectivity index (χ4n) is 2.77. The Balaban J connectivity index is 2.33. The Labute approximate surface area is 101 Å². The number of hydrogen-bond donors (Lipinski definition) is 0. The average molecular weight is 246 g/mol. The predicted molar refractivity (Wildman–Crippen MR) is 68.0 cm³/mol. The highest BCUT2D eigenvalue weighted by molar-refractivity contribution is 6.38. The molecule has 0 nitrogen and oxygen atoms in total. The molecule has 1 unspecified atom stereocenters. The van der Waals surface area contributed by atoms with Crippen molar-refractivity contribution >= 4 is 9.52 Å². The summed E-state index contributed by atoms with van der Waals surface area (Å²) < 4.78 is 27.2. The van der Waals surface area contributed by atoms with Crippen LogP contribution in [0.25, 0.3) is 11.1 Å². The van der Waals surface area contributed by atoms with Crippen LogP contribution in [0.3, 0.4) is 0 Å².